The zero-order valence-corrected chi connectivity index (χ0v) is 20.6. The van der Waals surface area contributed by atoms with Crippen molar-refractivity contribution in [1.82, 2.24) is 9.97 Å². The quantitative estimate of drug-likeness (QED) is 0.217. The molecule has 39 heavy (non-hydrogen) atoms. The Bertz CT molecular complexity index is 1440. The molecule has 10 heteroatoms. The first-order chi connectivity index (χ1) is 18.8. The Morgan fingerprint density at radius 2 is 1.44 bits per heavy atom. The number of Topliss-reactive ketones (excluding diaryl/α,β-unsaturated/α-hetero) is 1. The topological polar surface area (TPSA) is 121 Å². The van der Waals surface area contributed by atoms with E-state index in [1.54, 1.807) is 24.3 Å². The SMILES string of the molecule is O=C(Nc1ncc(-c2ccc(C(=O)CC(CCc3ccccc3)C(=O)O)cc2)cn1)Nc1c(F)cccc1F. The molecule has 1 heterocycles. The number of aromatic nitrogens is 2. The molecule has 3 aromatic carbocycles. The highest BCUT2D eigenvalue weighted by atomic mass is 19.1. The van der Waals surface area contributed by atoms with Gasteiger partial charge >= 0.3 is 12.0 Å². The Balaban J connectivity index is 1.34. The number of amides is 2. The molecule has 0 radical (unpaired) electrons. The van der Waals surface area contributed by atoms with E-state index in [9.17, 15) is 28.3 Å². The molecule has 0 bridgehead atoms. The summed E-state index contributed by atoms with van der Waals surface area (Å²) in [5.41, 5.74) is 2.10. The van der Waals surface area contributed by atoms with Crippen LogP contribution in [0.5, 0.6) is 0 Å². The lowest BCUT2D eigenvalue weighted by atomic mass is 9.92. The first-order valence-electron chi connectivity index (χ1n) is 12.0. The largest absolute Gasteiger partial charge is 0.481 e. The van der Waals surface area contributed by atoms with Gasteiger partial charge in [-0.2, -0.15) is 0 Å². The lowest BCUT2D eigenvalue weighted by Gasteiger charge is -2.12. The zero-order valence-electron chi connectivity index (χ0n) is 20.6. The molecular formula is C29H24F2N4O4. The summed E-state index contributed by atoms with van der Waals surface area (Å²) in [6, 6.07) is 18.4. The molecule has 0 aliphatic rings. The van der Waals surface area contributed by atoms with E-state index >= 15 is 0 Å². The average molecular weight is 531 g/mol. The number of ketones is 1. The molecule has 0 saturated carbocycles. The number of carboxylic acids is 1. The van der Waals surface area contributed by atoms with Crippen LogP contribution in [0.3, 0.4) is 0 Å². The summed E-state index contributed by atoms with van der Waals surface area (Å²) in [7, 11) is 0. The molecule has 0 spiro atoms. The summed E-state index contributed by atoms with van der Waals surface area (Å²) < 4.78 is 27.4. The molecule has 4 aromatic rings. The molecular weight excluding hydrogens is 506 g/mol. The molecule has 2 amide bonds. The second-order valence-electron chi connectivity index (χ2n) is 8.74. The third-order valence-corrected chi connectivity index (χ3v) is 6.02. The lowest BCUT2D eigenvalue weighted by Crippen LogP contribution is -2.22. The van der Waals surface area contributed by atoms with Gasteiger partial charge in [-0.1, -0.05) is 60.7 Å². The minimum atomic E-state index is -1.01. The fraction of sp³-hybridized carbons (Fsp3) is 0.138. The number of carbonyl (C=O) groups is 3. The summed E-state index contributed by atoms with van der Waals surface area (Å²) in [6.45, 7) is 0. The number of para-hydroxylation sites is 1. The van der Waals surface area contributed by atoms with Gasteiger partial charge in [-0.3, -0.25) is 14.9 Å². The molecule has 0 saturated heterocycles. The van der Waals surface area contributed by atoms with Crippen LogP contribution < -0.4 is 10.6 Å². The molecule has 198 valence electrons. The highest BCUT2D eigenvalue weighted by Gasteiger charge is 2.22. The Morgan fingerprint density at radius 1 is 0.795 bits per heavy atom. The molecule has 4 rings (SSSR count). The van der Waals surface area contributed by atoms with E-state index in [0.29, 0.717) is 29.5 Å². The third-order valence-electron chi connectivity index (χ3n) is 6.02. The number of nitrogens with one attached hydrogen (secondary N) is 2. The van der Waals surface area contributed by atoms with Gasteiger partial charge in [0.2, 0.25) is 5.95 Å². The van der Waals surface area contributed by atoms with E-state index < -0.39 is 35.2 Å². The van der Waals surface area contributed by atoms with Crippen LogP contribution >= 0.6 is 0 Å². The van der Waals surface area contributed by atoms with E-state index in [1.807, 2.05) is 30.3 Å². The van der Waals surface area contributed by atoms with Gasteiger partial charge in [0.15, 0.2) is 5.78 Å². The van der Waals surface area contributed by atoms with Crippen LogP contribution in [0.15, 0.2) is 85.2 Å². The lowest BCUT2D eigenvalue weighted by molar-refractivity contribution is -0.141. The summed E-state index contributed by atoms with van der Waals surface area (Å²) in [4.78, 5) is 44.6. The summed E-state index contributed by atoms with van der Waals surface area (Å²) in [6.07, 6.45) is 3.69. The highest BCUT2D eigenvalue weighted by Crippen LogP contribution is 2.22. The first-order valence-corrected chi connectivity index (χ1v) is 12.0. The fourth-order valence-corrected chi connectivity index (χ4v) is 3.89. The number of nitrogens with zero attached hydrogens (tertiary/aromatic N) is 2. The standard InChI is InChI=1S/C29H24F2N4O4/c30-23-7-4-8-24(31)26(23)34-29(39)35-28-32-16-22(17-33-28)19-11-13-20(14-12-19)25(36)15-21(27(37)38)10-9-18-5-2-1-3-6-18/h1-8,11-14,16-17,21H,9-10,15H2,(H,37,38)(H2,32,33,34,35,39). The number of hydrogen-bond donors (Lipinski definition) is 3. The minimum Gasteiger partial charge on any atom is -0.481 e. The van der Waals surface area contributed by atoms with Gasteiger partial charge in [-0.05, 0) is 36.1 Å². The Hall–Kier alpha value is -4.99. The van der Waals surface area contributed by atoms with Crippen molar-refractivity contribution in [3.8, 4) is 11.1 Å². The molecule has 0 fully saturated rings. The Kier molecular flexibility index (Phi) is 8.67. The molecule has 0 aliphatic carbocycles. The number of hydrogen-bond acceptors (Lipinski definition) is 5. The van der Waals surface area contributed by atoms with Crippen LogP contribution in [0.25, 0.3) is 11.1 Å². The first kappa shape index (κ1) is 27.1. The van der Waals surface area contributed by atoms with Crippen molar-refractivity contribution in [1.29, 1.82) is 0 Å². The van der Waals surface area contributed by atoms with E-state index in [0.717, 1.165) is 17.7 Å². The van der Waals surface area contributed by atoms with Gasteiger partial charge in [0.05, 0.1) is 5.92 Å². The number of aryl methyl sites for hydroxylation is 1. The summed E-state index contributed by atoms with van der Waals surface area (Å²) >= 11 is 0. The number of rotatable bonds is 10. The number of halogens is 2. The summed E-state index contributed by atoms with van der Waals surface area (Å²) in [5, 5.41) is 14.0. The van der Waals surface area contributed by atoms with Crippen LogP contribution in [-0.4, -0.2) is 32.9 Å². The normalized spacial score (nSPS) is 11.4. The van der Waals surface area contributed by atoms with Gasteiger partial charge in [0.1, 0.15) is 17.3 Å². The van der Waals surface area contributed by atoms with Gasteiger partial charge in [-0.25, -0.2) is 23.5 Å². The van der Waals surface area contributed by atoms with Gasteiger partial charge in [0, 0.05) is 29.9 Å². The Labute approximate surface area is 222 Å². The third kappa shape index (κ3) is 7.29. The monoisotopic (exact) mass is 530 g/mol. The minimum absolute atomic E-state index is 0.0880. The summed E-state index contributed by atoms with van der Waals surface area (Å²) in [5.74, 6) is -4.00. The van der Waals surface area contributed by atoms with Crippen molar-refractivity contribution >= 4 is 29.4 Å². The molecule has 1 aromatic heterocycles. The second-order valence-corrected chi connectivity index (χ2v) is 8.74. The van der Waals surface area contributed by atoms with Crippen LogP contribution in [0.1, 0.15) is 28.8 Å². The van der Waals surface area contributed by atoms with Crippen LogP contribution in [0.4, 0.5) is 25.2 Å². The van der Waals surface area contributed by atoms with Gasteiger partial charge < -0.3 is 10.4 Å². The van der Waals surface area contributed by atoms with Crippen molar-refractivity contribution in [3.63, 3.8) is 0 Å². The van der Waals surface area contributed by atoms with Gasteiger partial charge in [-0.15, -0.1) is 0 Å². The van der Waals surface area contributed by atoms with Crippen molar-refractivity contribution in [2.45, 2.75) is 19.3 Å². The maximum Gasteiger partial charge on any atom is 0.326 e. The molecule has 1 atom stereocenters. The van der Waals surface area contributed by atoms with E-state index in [1.165, 1.54) is 18.5 Å². The van der Waals surface area contributed by atoms with E-state index in [4.69, 9.17) is 0 Å². The predicted molar refractivity (Wildman–Crippen MR) is 141 cm³/mol. The van der Waals surface area contributed by atoms with Crippen LogP contribution in [0.2, 0.25) is 0 Å². The zero-order chi connectivity index (χ0) is 27.8. The molecule has 0 aliphatic heterocycles. The maximum absolute atomic E-state index is 13.7. The predicted octanol–water partition coefficient (Wildman–Crippen LogP) is 5.97. The number of benzene rings is 3. The van der Waals surface area contributed by atoms with Crippen LogP contribution in [0, 0.1) is 17.6 Å². The fourth-order valence-electron chi connectivity index (χ4n) is 3.89. The number of carboxylic acid groups (broad SMARTS) is 1. The van der Waals surface area contributed by atoms with Gasteiger partial charge in [0.25, 0.3) is 0 Å². The number of carbonyl (C=O) groups excluding carboxylic acids is 2. The van der Waals surface area contributed by atoms with Crippen molar-refractivity contribution in [3.05, 3.63) is 108 Å². The van der Waals surface area contributed by atoms with E-state index in [2.05, 4.69) is 20.6 Å². The van der Waals surface area contributed by atoms with Crippen molar-refractivity contribution < 1.29 is 28.3 Å². The molecule has 3 N–H and O–H groups in total. The molecule has 8 nitrogen and oxygen atoms in total. The maximum atomic E-state index is 13.7. The molecule has 1 unspecified atom stereocenters. The average Bonchev–Trinajstić information content (AvgIpc) is 2.94. The van der Waals surface area contributed by atoms with Crippen molar-refractivity contribution in [2.75, 3.05) is 10.6 Å². The second kappa shape index (κ2) is 12.5. The highest BCUT2D eigenvalue weighted by molar-refractivity contribution is 5.99. The number of anilines is 2. The van der Waals surface area contributed by atoms with Crippen molar-refractivity contribution in [2.24, 2.45) is 5.92 Å². The number of aliphatic carboxylic acids is 1. The van der Waals surface area contributed by atoms with Crippen LogP contribution in [-0.2, 0) is 11.2 Å². The number of urea groups is 1. The van der Waals surface area contributed by atoms with E-state index in [-0.39, 0.29) is 18.2 Å². The Morgan fingerprint density at radius 3 is 2.05 bits per heavy atom. The smallest absolute Gasteiger partial charge is 0.326 e.